The summed E-state index contributed by atoms with van der Waals surface area (Å²) in [5, 5.41) is 10.7. The number of halogens is 1. The molecule has 41 heavy (non-hydrogen) atoms. The maximum Gasteiger partial charge on any atom is 0.312 e. The van der Waals surface area contributed by atoms with Crippen molar-refractivity contribution < 1.29 is 29.0 Å². The summed E-state index contributed by atoms with van der Waals surface area (Å²) in [6, 6.07) is 3.74. The highest BCUT2D eigenvalue weighted by atomic mass is 35.5. The number of rotatable bonds is 14. The predicted octanol–water partition coefficient (Wildman–Crippen LogP) is 4.99. The van der Waals surface area contributed by atoms with Crippen molar-refractivity contribution in [3.63, 3.8) is 0 Å². The number of carbonyl (C=O) groups is 3. The van der Waals surface area contributed by atoms with Crippen molar-refractivity contribution in [1.82, 2.24) is 4.90 Å². The van der Waals surface area contributed by atoms with E-state index in [-0.39, 0.29) is 31.6 Å². The van der Waals surface area contributed by atoms with Gasteiger partial charge < -0.3 is 24.4 Å². The van der Waals surface area contributed by atoms with E-state index in [0.717, 1.165) is 18.4 Å². The van der Waals surface area contributed by atoms with E-state index in [1.807, 2.05) is 39.0 Å². The van der Waals surface area contributed by atoms with Crippen molar-refractivity contribution in [2.24, 2.45) is 11.8 Å². The van der Waals surface area contributed by atoms with Crippen molar-refractivity contribution in [2.45, 2.75) is 89.0 Å². The topological polar surface area (TPSA) is 96.4 Å². The van der Waals surface area contributed by atoms with Crippen LogP contribution in [0.4, 0.5) is 5.69 Å². The lowest BCUT2D eigenvalue weighted by atomic mass is 9.65. The molecule has 6 atom stereocenters. The van der Waals surface area contributed by atoms with E-state index in [2.05, 4.69) is 13.2 Å². The number of esters is 1. The van der Waals surface area contributed by atoms with Gasteiger partial charge in [0.15, 0.2) is 0 Å². The Hall–Kier alpha value is -2.68. The molecule has 3 saturated heterocycles. The molecule has 1 spiro atoms. The number of ether oxygens (including phenoxy) is 2. The SMILES string of the molecule is C=CCCCCOC(=O)[C@H]1[C@H]2C(=O)N([C@@H](CC)CO)C(C(=O)N(CC=C)c3c(C)cccc3Cl)C23CC[C@]1(CC)O3. The second kappa shape index (κ2) is 12.7. The summed E-state index contributed by atoms with van der Waals surface area (Å²) >= 11 is 6.62. The fraction of sp³-hybridized carbons (Fsp3) is 0.594. The molecule has 3 aliphatic rings. The molecule has 2 unspecified atom stereocenters. The molecule has 1 aromatic rings. The molecule has 1 aromatic carbocycles. The molecule has 3 heterocycles. The molecule has 3 aliphatic heterocycles. The number of aliphatic hydroxyl groups excluding tert-OH is 1. The highest BCUT2D eigenvalue weighted by Crippen LogP contribution is 2.65. The average Bonchev–Trinajstić information content (AvgIpc) is 3.56. The van der Waals surface area contributed by atoms with Crippen LogP contribution in [0, 0.1) is 18.8 Å². The zero-order chi connectivity index (χ0) is 29.9. The van der Waals surface area contributed by atoms with Crippen molar-refractivity contribution in [3.05, 3.63) is 54.1 Å². The number of anilines is 1. The van der Waals surface area contributed by atoms with Crippen molar-refractivity contribution in [2.75, 3.05) is 24.7 Å². The van der Waals surface area contributed by atoms with Gasteiger partial charge in [-0.15, -0.1) is 13.2 Å². The van der Waals surface area contributed by atoms with E-state index in [1.54, 1.807) is 17.0 Å². The first-order valence-corrected chi connectivity index (χ1v) is 15.1. The molecule has 8 nitrogen and oxygen atoms in total. The van der Waals surface area contributed by atoms with Gasteiger partial charge in [0.2, 0.25) is 5.91 Å². The van der Waals surface area contributed by atoms with Gasteiger partial charge >= 0.3 is 5.97 Å². The summed E-state index contributed by atoms with van der Waals surface area (Å²) in [6.45, 7) is 13.4. The molecule has 2 amide bonds. The Bertz CT molecular complexity index is 1160. The zero-order valence-corrected chi connectivity index (χ0v) is 25.2. The van der Waals surface area contributed by atoms with Gasteiger partial charge in [-0.1, -0.05) is 49.7 Å². The third kappa shape index (κ3) is 5.12. The molecule has 0 aliphatic carbocycles. The number of aryl methyl sites for hydroxylation is 1. The number of para-hydroxylation sites is 1. The standard InChI is InChI=1S/C32H43ClN2O6/c1-6-10-11-12-19-40-30(39)25-24-28(37)35(22(8-3)20-36)27(32(24)17-16-31(25,9-4)41-32)29(38)34(18-7-2)26-21(5)14-13-15-23(26)33/h6-7,13-15,22,24-25,27,36H,1-2,8-12,16-20H2,3-5H3/t22-,24-,25+,27?,31-,32?/m0/s1. The Morgan fingerprint density at radius 3 is 2.63 bits per heavy atom. The highest BCUT2D eigenvalue weighted by molar-refractivity contribution is 6.34. The van der Waals surface area contributed by atoms with E-state index in [1.165, 1.54) is 4.90 Å². The Labute approximate surface area is 248 Å². The third-order valence-electron chi connectivity index (χ3n) is 9.27. The number of benzene rings is 1. The van der Waals surface area contributed by atoms with E-state index in [0.29, 0.717) is 42.8 Å². The van der Waals surface area contributed by atoms with E-state index in [9.17, 15) is 19.5 Å². The summed E-state index contributed by atoms with van der Waals surface area (Å²) < 4.78 is 12.6. The number of allylic oxidation sites excluding steroid dienone is 1. The van der Waals surface area contributed by atoms with Crippen molar-refractivity contribution in [3.8, 4) is 0 Å². The van der Waals surface area contributed by atoms with Crippen LogP contribution < -0.4 is 4.90 Å². The molecule has 9 heteroatoms. The smallest absolute Gasteiger partial charge is 0.312 e. The molecule has 0 aromatic heterocycles. The van der Waals surface area contributed by atoms with Crippen molar-refractivity contribution >= 4 is 35.1 Å². The second-order valence-corrected chi connectivity index (χ2v) is 11.8. The minimum absolute atomic E-state index is 0.160. The van der Waals surface area contributed by atoms with E-state index in [4.69, 9.17) is 21.1 Å². The number of fused-ring (bicyclic) bond motifs is 1. The number of unbranched alkanes of at least 4 members (excludes halogenated alkanes) is 2. The third-order valence-corrected chi connectivity index (χ3v) is 9.57. The largest absolute Gasteiger partial charge is 0.465 e. The number of hydrogen-bond acceptors (Lipinski definition) is 6. The number of likely N-dealkylation sites (tertiary alicyclic amines) is 1. The zero-order valence-electron chi connectivity index (χ0n) is 24.4. The molecule has 3 fully saturated rings. The minimum Gasteiger partial charge on any atom is -0.465 e. The number of hydrogen-bond donors (Lipinski definition) is 1. The summed E-state index contributed by atoms with van der Waals surface area (Å²) in [7, 11) is 0. The Kier molecular flexibility index (Phi) is 9.66. The maximum atomic E-state index is 14.7. The fourth-order valence-electron chi connectivity index (χ4n) is 7.29. The van der Waals surface area contributed by atoms with Crippen LogP contribution in [0.1, 0.15) is 64.4 Å². The van der Waals surface area contributed by atoms with Crippen LogP contribution >= 0.6 is 11.6 Å². The van der Waals surface area contributed by atoms with E-state index < -0.39 is 41.1 Å². The van der Waals surface area contributed by atoms with Gasteiger partial charge in [0.25, 0.3) is 5.91 Å². The first-order valence-electron chi connectivity index (χ1n) is 14.8. The molecule has 224 valence electrons. The van der Waals surface area contributed by atoms with Gasteiger partial charge in [-0.3, -0.25) is 14.4 Å². The maximum absolute atomic E-state index is 14.7. The van der Waals surface area contributed by atoms with Crippen LogP contribution in [-0.4, -0.2) is 70.8 Å². The van der Waals surface area contributed by atoms with Gasteiger partial charge in [0.05, 0.1) is 41.5 Å². The van der Waals surface area contributed by atoms with Gasteiger partial charge in [-0.05, 0) is 63.5 Å². The lowest BCUT2D eigenvalue weighted by Gasteiger charge is -2.39. The predicted molar refractivity (Wildman–Crippen MR) is 159 cm³/mol. The van der Waals surface area contributed by atoms with Crippen LogP contribution in [0.2, 0.25) is 5.02 Å². The Morgan fingerprint density at radius 2 is 2.02 bits per heavy atom. The fourth-order valence-corrected chi connectivity index (χ4v) is 7.61. The van der Waals surface area contributed by atoms with Gasteiger partial charge in [0, 0.05) is 6.54 Å². The molecule has 1 N–H and O–H groups in total. The van der Waals surface area contributed by atoms with Gasteiger partial charge in [0.1, 0.15) is 17.6 Å². The normalized spacial score (nSPS) is 28.9. The number of nitrogens with zero attached hydrogens (tertiary/aromatic N) is 2. The quantitative estimate of drug-likeness (QED) is 0.187. The monoisotopic (exact) mass is 586 g/mol. The van der Waals surface area contributed by atoms with E-state index >= 15 is 0 Å². The lowest BCUT2D eigenvalue weighted by molar-refractivity contribution is -0.162. The molecule has 4 rings (SSSR count). The number of carbonyl (C=O) groups excluding carboxylic acids is 3. The van der Waals surface area contributed by atoms with Crippen molar-refractivity contribution in [1.29, 1.82) is 0 Å². The Morgan fingerprint density at radius 1 is 1.27 bits per heavy atom. The summed E-state index contributed by atoms with van der Waals surface area (Å²) in [6.07, 6.45) is 7.73. The van der Waals surface area contributed by atoms with Crippen LogP contribution in [0.25, 0.3) is 0 Å². The van der Waals surface area contributed by atoms with Crippen LogP contribution in [0.15, 0.2) is 43.5 Å². The first kappa shape index (κ1) is 31.3. The first-order chi connectivity index (χ1) is 19.7. The summed E-state index contributed by atoms with van der Waals surface area (Å²) in [4.78, 5) is 45.9. The second-order valence-electron chi connectivity index (χ2n) is 11.4. The number of aliphatic hydroxyl groups is 1. The average molecular weight is 587 g/mol. The minimum atomic E-state index is -1.23. The summed E-state index contributed by atoms with van der Waals surface area (Å²) in [5.74, 6) is -2.89. The highest BCUT2D eigenvalue weighted by Gasteiger charge is 2.79. The number of amides is 2. The molecule has 0 radical (unpaired) electrons. The molecular weight excluding hydrogens is 544 g/mol. The molecule has 2 bridgehead atoms. The van der Waals surface area contributed by atoms with Gasteiger partial charge in [-0.25, -0.2) is 0 Å². The molecule has 0 saturated carbocycles. The molecular formula is C32H43ClN2O6. The van der Waals surface area contributed by atoms with Gasteiger partial charge in [-0.2, -0.15) is 0 Å². The van der Waals surface area contributed by atoms with Crippen LogP contribution in [-0.2, 0) is 23.9 Å². The van der Waals surface area contributed by atoms with Crippen LogP contribution in [0.5, 0.6) is 0 Å². The Balaban J connectivity index is 1.79. The lowest BCUT2D eigenvalue weighted by Crippen LogP contribution is -2.59. The summed E-state index contributed by atoms with van der Waals surface area (Å²) in [5.41, 5.74) is -0.787. The van der Waals surface area contributed by atoms with Crippen LogP contribution in [0.3, 0.4) is 0 Å².